The Morgan fingerprint density at radius 3 is 2.40 bits per heavy atom. The van der Waals surface area contributed by atoms with Crippen LogP contribution in [0, 0.1) is 12.8 Å². The fourth-order valence-corrected chi connectivity index (χ4v) is 1.73. The standard InChI is InChI=1S/C13H18O2/c1-4-10(5-2)13(15)11-7-6-9(3)8-12(11)14/h6-8,10,14H,4-5H2,1-3H3. The van der Waals surface area contributed by atoms with Crippen LogP contribution in [-0.2, 0) is 0 Å². The maximum Gasteiger partial charge on any atom is 0.169 e. The van der Waals surface area contributed by atoms with Gasteiger partial charge in [0.25, 0.3) is 0 Å². The second-order valence-corrected chi connectivity index (χ2v) is 3.90. The highest BCUT2D eigenvalue weighted by atomic mass is 16.3. The van der Waals surface area contributed by atoms with Crippen LogP contribution in [0.25, 0.3) is 0 Å². The van der Waals surface area contributed by atoms with Crippen molar-refractivity contribution in [2.45, 2.75) is 33.6 Å². The first-order valence-corrected chi connectivity index (χ1v) is 5.44. The van der Waals surface area contributed by atoms with Crippen LogP contribution in [-0.4, -0.2) is 10.9 Å². The van der Waals surface area contributed by atoms with E-state index in [9.17, 15) is 9.90 Å². The highest BCUT2D eigenvalue weighted by Crippen LogP contribution is 2.24. The summed E-state index contributed by atoms with van der Waals surface area (Å²) in [4.78, 5) is 12.0. The van der Waals surface area contributed by atoms with E-state index in [1.807, 2.05) is 26.8 Å². The number of carbonyl (C=O) groups excluding carboxylic acids is 1. The molecule has 0 amide bonds. The fourth-order valence-electron chi connectivity index (χ4n) is 1.73. The van der Waals surface area contributed by atoms with Gasteiger partial charge in [0.05, 0.1) is 5.56 Å². The Balaban J connectivity index is 3.00. The zero-order valence-electron chi connectivity index (χ0n) is 9.58. The molecule has 0 atom stereocenters. The molecule has 0 bridgehead atoms. The number of aryl methyl sites for hydroxylation is 1. The van der Waals surface area contributed by atoms with Gasteiger partial charge in [-0.15, -0.1) is 0 Å². The Labute approximate surface area is 90.9 Å². The number of hydrogen-bond donors (Lipinski definition) is 1. The van der Waals surface area contributed by atoms with Crippen molar-refractivity contribution in [2.75, 3.05) is 0 Å². The van der Waals surface area contributed by atoms with Crippen molar-refractivity contribution in [1.29, 1.82) is 0 Å². The van der Waals surface area contributed by atoms with Crippen LogP contribution in [0.2, 0.25) is 0 Å². The molecule has 0 heterocycles. The Morgan fingerprint density at radius 2 is 1.93 bits per heavy atom. The monoisotopic (exact) mass is 206 g/mol. The summed E-state index contributed by atoms with van der Waals surface area (Å²) >= 11 is 0. The largest absolute Gasteiger partial charge is 0.507 e. The fraction of sp³-hybridized carbons (Fsp3) is 0.462. The maximum atomic E-state index is 12.0. The summed E-state index contributed by atoms with van der Waals surface area (Å²) in [6, 6.07) is 5.20. The van der Waals surface area contributed by atoms with Crippen molar-refractivity contribution >= 4 is 5.78 Å². The van der Waals surface area contributed by atoms with E-state index >= 15 is 0 Å². The smallest absolute Gasteiger partial charge is 0.169 e. The molecule has 0 aliphatic carbocycles. The lowest BCUT2D eigenvalue weighted by Crippen LogP contribution is -2.13. The molecule has 0 saturated heterocycles. The second-order valence-electron chi connectivity index (χ2n) is 3.90. The average Bonchev–Trinajstić information content (AvgIpc) is 2.19. The van der Waals surface area contributed by atoms with E-state index in [0.29, 0.717) is 5.56 Å². The number of carbonyl (C=O) groups is 1. The minimum Gasteiger partial charge on any atom is -0.507 e. The highest BCUT2D eigenvalue weighted by Gasteiger charge is 2.18. The Hall–Kier alpha value is -1.31. The van der Waals surface area contributed by atoms with Gasteiger partial charge in [0, 0.05) is 5.92 Å². The van der Waals surface area contributed by atoms with Crippen LogP contribution in [0.4, 0.5) is 0 Å². The summed E-state index contributed by atoms with van der Waals surface area (Å²) in [6.07, 6.45) is 1.64. The molecule has 0 radical (unpaired) electrons. The van der Waals surface area contributed by atoms with Gasteiger partial charge < -0.3 is 5.11 Å². The molecule has 1 rings (SSSR count). The van der Waals surface area contributed by atoms with Gasteiger partial charge in [-0.25, -0.2) is 0 Å². The Bertz CT molecular complexity index is 352. The number of Topliss-reactive ketones (excluding diaryl/α,β-unsaturated/α-hetero) is 1. The lowest BCUT2D eigenvalue weighted by atomic mass is 9.92. The Morgan fingerprint density at radius 1 is 1.33 bits per heavy atom. The number of hydrogen-bond acceptors (Lipinski definition) is 2. The molecule has 0 aliphatic rings. The first-order valence-electron chi connectivity index (χ1n) is 5.44. The number of ketones is 1. The van der Waals surface area contributed by atoms with Crippen molar-refractivity contribution < 1.29 is 9.90 Å². The molecule has 1 aromatic rings. The van der Waals surface area contributed by atoms with Crippen molar-refractivity contribution in [3.05, 3.63) is 29.3 Å². The number of phenols is 1. The number of phenolic OH excluding ortho intramolecular Hbond substituents is 1. The zero-order valence-corrected chi connectivity index (χ0v) is 9.58. The molecular weight excluding hydrogens is 188 g/mol. The van der Waals surface area contributed by atoms with Gasteiger partial charge in [-0.2, -0.15) is 0 Å². The normalized spacial score (nSPS) is 10.7. The minimum absolute atomic E-state index is 0.0265. The lowest BCUT2D eigenvalue weighted by molar-refractivity contribution is 0.0910. The van der Waals surface area contributed by atoms with Crippen molar-refractivity contribution in [3.63, 3.8) is 0 Å². The molecule has 0 aromatic heterocycles. The molecule has 1 N–H and O–H groups in total. The average molecular weight is 206 g/mol. The first-order chi connectivity index (χ1) is 7.10. The molecule has 82 valence electrons. The van der Waals surface area contributed by atoms with E-state index in [-0.39, 0.29) is 17.5 Å². The molecule has 15 heavy (non-hydrogen) atoms. The van der Waals surface area contributed by atoms with E-state index in [2.05, 4.69) is 0 Å². The minimum atomic E-state index is 0.0265. The SMILES string of the molecule is CCC(CC)C(=O)c1ccc(C)cc1O. The topological polar surface area (TPSA) is 37.3 Å². The predicted molar refractivity (Wildman–Crippen MR) is 61.2 cm³/mol. The third-order valence-corrected chi connectivity index (χ3v) is 2.78. The lowest BCUT2D eigenvalue weighted by Gasteiger charge is -2.12. The molecule has 0 unspecified atom stereocenters. The van der Waals surface area contributed by atoms with Crippen molar-refractivity contribution in [3.8, 4) is 5.75 Å². The quantitative estimate of drug-likeness (QED) is 0.767. The highest BCUT2D eigenvalue weighted by molar-refractivity contribution is 6.00. The van der Waals surface area contributed by atoms with Crippen LogP contribution < -0.4 is 0 Å². The van der Waals surface area contributed by atoms with Crippen molar-refractivity contribution in [1.82, 2.24) is 0 Å². The van der Waals surface area contributed by atoms with Gasteiger partial charge in [-0.3, -0.25) is 4.79 Å². The molecule has 2 nitrogen and oxygen atoms in total. The summed E-state index contributed by atoms with van der Waals surface area (Å²) in [5, 5.41) is 9.68. The van der Waals surface area contributed by atoms with Gasteiger partial charge in [0.2, 0.25) is 0 Å². The molecule has 1 aromatic carbocycles. The molecule has 0 aliphatic heterocycles. The molecule has 0 saturated carbocycles. The molecule has 0 spiro atoms. The summed E-state index contributed by atoms with van der Waals surface area (Å²) in [5.41, 5.74) is 1.42. The van der Waals surface area contributed by atoms with E-state index in [4.69, 9.17) is 0 Å². The van der Waals surface area contributed by atoms with Gasteiger partial charge >= 0.3 is 0 Å². The third kappa shape index (κ3) is 2.58. The number of aromatic hydroxyl groups is 1. The summed E-state index contributed by atoms with van der Waals surface area (Å²) in [7, 11) is 0. The number of benzene rings is 1. The third-order valence-electron chi connectivity index (χ3n) is 2.78. The van der Waals surface area contributed by atoms with E-state index in [1.54, 1.807) is 12.1 Å². The molecular formula is C13H18O2. The van der Waals surface area contributed by atoms with E-state index in [1.165, 1.54) is 0 Å². The summed E-state index contributed by atoms with van der Waals surface area (Å²) < 4.78 is 0. The van der Waals surface area contributed by atoms with Crippen LogP contribution in [0.15, 0.2) is 18.2 Å². The summed E-state index contributed by atoms with van der Waals surface area (Å²) in [6.45, 7) is 5.89. The summed E-state index contributed by atoms with van der Waals surface area (Å²) in [5.74, 6) is 0.183. The van der Waals surface area contributed by atoms with Gasteiger partial charge in [0.1, 0.15) is 5.75 Å². The van der Waals surface area contributed by atoms with Crippen LogP contribution >= 0.6 is 0 Å². The second kappa shape index (κ2) is 4.96. The van der Waals surface area contributed by atoms with E-state index in [0.717, 1.165) is 18.4 Å². The van der Waals surface area contributed by atoms with Crippen LogP contribution in [0.1, 0.15) is 42.6 Å². The van der Waals surface area contributed by atoms with Gasteiger partial charge in [0.15, 0.2) is 5.78 Å². The number of rotatable bonds is 4. The van der Waals surface area contributed by atoms with Crippen molar-refractivity contribution in [2.24, 2.45) is 5.92 Å². The zero-order chi connectivity index (χ0) is 11.4. The van der Waals surface area contributed by atoms with Gasteiger partial charge in [-0.05, 0) is 37.5 Å². The van der Waals surface area contributed by atoms with Gasteiger partial charge in [-0.1, -0.05) is 19.9 Å². The molecule has 2 heteroatoms. The maximum absolute atomic E-state index is 12.0. The molecule has 0 fully saturated rings. The Kier molecular flexibility index (Phi) is 3.89. The van der Waals surface area contributed by atoms with Crippen LogP contribution in [0.5, 0.6) is 5.75 Å². The van der Waals surface area contributed by atoms with Crippen LogP contribution in [0.3, 0.4) is 0 Å². The predicted octanol–water partition coefficient (Wildman–Crippen LogP) is 3.32. The first kappa shape index (κ1) is 11.8. The van der Waals surface area contributed by atoms with E-state index < -0.39 is 0 Å².